The van der Waals surface area contributed by atoms with Gasteiger partial charge in [-0.3, -0.25) is 19.3 Å². The van der Waals surface area contributed by atoms with E-state index in [2.05, 4.69) is 5.32 Å². The highest BCUT2D eigenvalue weighted by atomic mass is 19.1. The Morgan fingerprint density at radius 1 is 1.26 bits per heavy atom. The maximum Gasteiger partial charge on any atom is 0.271 e. The monoisotopic (exact) mass is 428 g/mol. The van der Waals surface area contributed by atoms with Crippen LogP contribution in [0.5, 0.6) is 0 Å². The molecule has 2 N–H and O–H groups in total. The third kappa shape index (κ3) is 3.75. The zero-order valence-corrected chi connectivity index (χ0v) is 17.6. The highest BCUT2D eigenvalue weighted by Gasteiger charge is 2.48. The lowest BCUT2D eigenvalue weighted by atomic mass is 9.86. The van der Waals surface area contributed by atoms with E-state index in [9.17, 15) is 23.9 Å². The molecule has 2 unspecified atom stereocenters. The van der Waals surface area contributed by atoms with Crippen molar-refractivity contribution in [2.24, 2.45) is 5.41 Å². The van der Waals surface area contributed by atoms with Gasteiger partial charge in [-0.1, -0.05) is 26.0 Å². The van der Waals surface area contributed by atoms with Gasteiger partial charge in [-0.15, -0.1) is 0 Å². The van der Waals surface area contributed by atoms with Gasteiger partial charge in [0.1, 0.15) is 29.5 Å². The summed E-state index contributed by atoms with van der Waals surface area (Å²) < 4.78 is 14.6. The molecule has 2 aromatic rings. The summed E-state index contributed by atoms with van der Waals surface area (Å²) in [5, 5.41) is 13.3. The van der Waals surface area contributed by atoms with Gasteiger partial charge in [-0.25, -0.2) is 4.39 Å². The van der Waals surface area contributed by atoms with Gasteiger partial charge in [0.15, 0.2) is 5.43 Å². The number of aliphatic hydroxyl groups is 1. The molecule has 0 bridgehead atoms. The largest absolute Gasteiger partial charge is 0.378 e. The Kier molecular flexibility index (Phi) is 5.18. The van der Waals surface area contributed by atoms with Crippen LogP contribution in [0.1, 0.15) is 40.3 Å². The van der Waals surface area contributed by atoms with E-state index < -0.39 is 23.0 Å². The van der Waals surface area contributed by atoms with Crippen molar-refractivity contribution in [2.75, 3.05) is 13.6 Å². The van der Waals surface area contributed by atoms with Gasteiger partial charge in [0.25, 0.3) is 11.8 Å². The molecule has 4 rings (SSSR count). The molecule has 2 aliphatic heterocycles. The second-order valence-corrected chi connectivity index (χ2v) is 8.84. The van der Waals surface area contributed by atoms with E-state index in [0.717, 1.165) is 0 Å². The molecule has 1 aromatic carbocycles. The topological polar surface area (TPSA) is 94.9 Å². The molecule has 2 aliphatic rings. The maximum atomic E-state index is 13.1. The first-order valence-electron chi connectivity index (χ1n) is 10.1. The number of benzene rings is 1. The van der Waals surface area contributed by atoms with Crippen LogP contribution in [0, 0.1) is 11.2 Å². The van der Waals surface area contributed by atoms with Gasteiger partial charge in [-0.05, 0) is 24.7 Å². The molecule has 164 valence electrons. The fourth-order valence-electron chi connectivity index (χ4n) is 4.28. The van der Waals surface area contributed by atoms with E-state index in [1.165, 1.54) is 24.4 Å². The number of amides is 2. The summed E-state index contributed by atoms with van der Waals surface area (Å²) >= 11 is 0. The Bertz CT molecular complexity index is 1100. The van der Waals surface area contributed by atoms with Gasteiger partial charge in [0, 0.05) is 30.8 Å². The normalized spacial score (nSPS) is 22.6. The Labute approximate surface area is 178 Å². The zero-order valence-electron chi connectivity index (χ0n) is 17.6. The van der Waals surface area contributed by atoms with E-state index in [1.807, 2.05) is 13.8 Å². The molecule has 31 heavy (non-hydrogen) atoms. The summed E-state index contributed by atoms with van der Waals surface area (Å²) in [6.07, 6.45) is 0.272. The first-order valence-corrected chi connectivity index (χ1v) is 10.1. The van der Waals surface area contributed by atoms with Crippen molar-refractivity contribution in [3.8, 4) is 0 Å². The Morgan fingerprint density at radius 2 is 1.94 bits per heavy atom. The fourth-order valence-corrected chi connectivity index (χ4v) is 4.28. The molecule has 3 heterocycles. The minimum absolute atomic E-state index is 0.0774. The van der Waals surface area contributed by atoms with Crippen molar-refractivity contribution in [2.45, 2.75) is 39.3 Å². The average molecular weight is 428 g/mol. The maximum absolute atomic E-state index is 13.1. The highest BCUT2D eigenvalue weighted by Crippen LogP contribution is 2.35. The van der Waals surface area contributed by atoms with Crippen LogP contribution >= 0.6 is 0 Å². The SMILES string of the molecule is CN1C2Cn3cc(C(=O)NCc4ccc(F)cc4)c(=O)cc3C(=O)N2CC(C)(C)C1O. The van der Waals surface area contributed by atoms with Gasteiger partial charge in [-0.2, -0.15) is 0 Å². The lowest BCUT2D eigenvalue weighted by molar-refractivity contribution is -0.165. The van der Waals surface area contributed by atoms with Crippen LogP contribution < -0.4 is 10.7 Å². The van der Waals surface area contributed by atoms with Gasteiger partial charge in [0.05, 0.1) is 6.54 Å². The minimum atomic E-state index is -0.735. The molecular formula is C22H25FN4O4. The van der Waals surface area contributed by atoms with Crippen LogP contribution in [0.4, 0.5) is 4.39 Å². The predicted octanol–water partition coefficient (Wildman–Crippen LogP) is 0.989. The number of nitrogens with zero attached hydrogens (tertiary/aromatic N) is 3. The van der Waals surface area contributed by atoms with Gasteiger partial charge in [0.2, 0.25) is 0 Å². The number of aliphatic hydroxyl groups excluding tert-OH is 1. The first-order chi connectivity index (χ1) is 14.6. The fraction of sp³-hybridized carbons (Fsp3) is 0.409. The number of fused-ring (bicyclic) bond motifs is 2. The minimum Gasteiger partial charge on any atom is -0.378 e. The smallest absolute Gasteiger partial charge is 0.271 e. The molecule has 9 heteroatoms. The number of hydrogen-bond acceptors (Lipinski definition) is 5. The van der Waals surface area contributed by atoms with E-state index in [-0.39, 0.29) is 35.7 Å². The lowest BCUT2D eigenvalue weighted by Gasteiger charge is -2.54. The van der Waals surface area contributed by atoms with Crippen LogP contribution in [0.25, 0.3) is 0 Å². The first kappa shape index (κ1) is 21.2. The van der Waals surface area contributed by atoms with Crippen molar-refractivity contribution >= 4 is 11.8 Å². The number of nitrogens with one attached hydrogen (secondary N) is 1. The number of carbonyl (C=O) groups excluding carboxylic acids is 2. The van der Waals surface area contributed by atoms with Crippen molar-refractivity contribution in [3.05, 3.63) is 69.4 Å². The molecule has 1 fully saturated rings. The van der Waals surface area contributed by atoms with E-state index in [4.69, 9.17) is 0 Å². The Balaban J connectivity index is 1.59. The van der Waals surface area contributed by atoms with E-state index in [1.54, 1.807) is 33.5 Å². The molecule has 1 aromatic heterocycles. The third-order valence-corrected chi connectivity index (χ3v) is 6.07. The third-order valence-electron chi connectivity index (χ3n) is 6.07. The quantitative estimate of drug-likeness (QED) is 0.760. The molecule has 0 radical (unpaired) electrons. The van der Waals surface area contributed by atoms with Crippen LogP contribution in [0.2, 0.25) is 0 Å². The second-order valence-electron chi connectivity index (χ2n) is 8.84. The number of aromatic nitrogens is 1. The van der Waals surface area contributed by atoms with Crippen LogP contribution in [0.3, 0.4) is 0 Å². The molecule has 1 saturated heterocycles. The molecule has 2 amide bonds. The van der Waals surface area contributed by atoms with E-state index in [0.29, 0.717) is 18.7 Å². The van der Waals surface area contributed by atoms with Crippen LogP contribution in [-0.4, -0.2) is 57.3 Å². The molecule has 0 spiro atoms. The number of pyridine rings is 1. The number of rotatable bonds is 3. The number of carbonyl (C=O) groups is 2. The molecular weight excluding hydrogens is 403 g/mol. The molecule has 2 atom stereocenters. The number of likely N-dealkylation sites (N-methyl/N-ethyl adjacent to an activating group) is 1. The Morgan fingerprint density at radius 3 is 2.61 bits per heavy atom. The Hall–Kier alpha value is -3.04. The summed E-state index contributed by atoms with van der Waals surface area (Å²) in [6.45, 7) is 4.58. The summed E-state index contributed by atoms with van der Waals surface area (Å²) in [4.78, 5) is 41.7. The van der Waals surface area contributed by atoms with E-state index >= 15 is 0 Å². The standard InChI is InChI=1S/C22H25FN4O4/c1-22(2)12-27-18(25(3)21(22)31)11-26-10-15(17(28)8-16(26)20(27)30)19(29)24-9-13-4-6-14(23)7-5-13/h4-8,10,18,21,31H,9,11-12H2,1-3H3,(H,24,29). The number of hydrogen-bond donors (Lipinski definition) is 2. The van der Waals surface area contributed by atoms with Gasteiger partial charge < -0.3 is 19.9 Å². The number of halogens is 1. The summed E-state index contributed by atoms with van der Waals surface area (Å²) in [5.74, 6) is -1.25. The van der Waals surface area contributed by atoms with Crippen molar-refractivity contribution in [3.63, 3.8) is 0 Å². The molecule has 0 saturated carbocycles. The van der Waals surface area contributed by atoms with Crippen molar-refractivity contribution in [1.82, 2.24) is 19.7 Å². The lowest BCUT2D eigenvalue weighted by Crippen LogP contribution is -2.68. The van der Waals surface area contributed by atoms with Crippen molar-refractivity contribution < 1.29 is 19.1 Å². The zero-order chi connectivity index (χ0) is 22.5. The highest BCUT2D eigenvalue weighted by molar-refractivity contribution is 5.97. The predicted molar refractivity (Wildman–Crippen MR) is 111 cm³/mol. The van der Waals surface area contributed by atoms with Crippen LogP contribution in [-0.2, 0) is 13.1 Å². The molecule has 0 aliphatic carbocycles. The summed E-state index contributed by atoms with van der Waals surface area (Å²) in [7, 11) is 1.75. The summed E-state index contributed by atoms with van der Waals surface area (Å²) in [6, 6.07) is 6.89. The second kappa shape index (κ2) is 7.58. The van der Waals surface area contributed by atoms with Crippen molar-refractivity contribution in [1.29, 1.82) is 0 Å². The van der Waals surface area contributed by atoms with Gasteiger partial charge >= 0.3 is 0 Å². The average Bonchev–Trinajstić information content (AvgIpc) is 2.73. The van der Waals surface area contributed by atoms with Crippen LogP contribution in [0.15, 0.2) is 41.3 Å². The molecule has 8 nitrogen and oxygen atoms in total. The summed E-state index contributed by atoms with van der Waals surface area (Å²) in [5.41, 5.74) is -0.231.